The zero-order valence-corrected chi connectivity index (χ0v) is 9.79. The predicted molar refractivity (Wildman–Crippen MR) is 60.0 cm³/mol. The summed E-state index contributed by atoms with van der Waals surface area (Å²) in [5, 5.41) is 9.08. The molecule has 2 nitrogen and oxygen atoms in total. The Balaban J connectivity index is 2.52. The van der Waals surface area contributed by atoms with Crippen LogP contribution in [0.3, 0.4) is 0 Å². The van der Waals surface area contributed by atoms with E-state index in [2.05, 4.69) is 20.8 Å². The van der Waals surface area contributed by atoms with Crippen molar-refractivity contribution in [1.29, 1.82) is 0 Å². The summed E-state index contributed by atoms with van der Waals surface area (Å²) in [5.74, 6) is 1.60. The van der Waals surface area contributed by atoms with Gasteiger partial charge < -0.3 is 10.8 Å². The number of rotatable bonds is 5. The summed E-state index contributed by atoms with van der Waals surface area (Å²) < 4.78 is 0. The molecule has 0 aromatic rings. The van der Waals surface area contributed by atoms with E-state index in [1.165, 1.54) is 12.8 Å². The molecule has 0 radical (unpaired) electrons. The second kappa shape index (κ2) is 4.63. The molecule has 1 rings (SSSR count). The van der Waals surface area contributed by atoms with Gasteiger partial charge in [-0.05, 0) is 42.9 Å². The lowest BCUT2D eigenvalue weighted by molar-refractivity contribution is -0.0197. The molecule has 1 aliphatic rings. The van der Waals surface area contributed by atoms with Crippen LogP contribution < -0.4 is 5.73 Å². The number of aliphatic hydroxyl groups is 1. The molecule has 2 heteroatoms. The van der Waals surface area contributed by atoms with Crippen molar-refractivity contribution in [3.05, 3.63) is 0 Å². The maximum Gasteiger partial charge on any atom is 0.0436 e. The van der Waals surface area contributed by atoms with Gasteiger partial charge in [0.05, 0.1) is 0 Å². The summed E-state index contributed by atoms with van der Waals surface area (Å²) in [6.07, 6.45) is 4.37. The molecule has 3 N–H and O–H groups in total. The zero-order chi connectivity index (χ0) is 10.8. The fourth-order valence-corrected chi connectivity index (χ4v) is 2.80. The monoisotopic (exact) mass is 199 g/mol. The van der Waals surface area contributed by atoms with Gasteiger partial charge in [-0.2, -0.15) is 0 Å². The van der Waals surface area contributed by atoms with Crippen LogP contribution in [0.1, 0.15) is 46.5 Å². The van der Waals surface area contributed by atoms with Crippen LogP contribution in [0.25, 0.3) is 0 Å². The van der Waals surface area contributed by atoms with Crippen molar-refractivity contribution in [3.63, 3.8) is 0 Å². The Bertz CT molecular complexity index is 173. The average Bonchev–Trinajstić information content (AvgIpc) is 2.08. The second-order valence-electron chi connectivity index (χ2n) is 5.26. The van der Waals surface area contributed by atoms with E-state index < -0.39 is 0 Å². The lowest BCUT2D eigenvalue weighted by Gasteiger charge is -2.53. The molecule has 0 spiro atoms. The van der Waals surface area contributed by atoms with E-state index in [0.29, 0.717) is 6.61 Å². The summed E-state index contributed by atoms with van der Waals surface area (Å²) in [7, 11) is 0. The van der Waals surface area contributed by atoms with E-state index >= 15 is 0 Å². The highest BCUT2D eigenvalue weighted by molar-refractivity contribution is 5.00. The summed E-state index contributed by atoms with van der Waals surface area (Å²) in [4.78, 5) is 0. The Hall–Kier alpha value is -0.0800. The van der Waals surface area contributed by atoms with Gasteiger partial charge in [0.2, 0.25) is 0 Å². The van der Waals surface area contributed by atoms with Crippen molar-refractivity contribution in [2.75, 3.05) is 6.61 Å². The van der Waals surface area contributed by atoms with Crippen molar-refractivity contribution in [3.8, 4) is 0 Å². The van der Waals surface area contributed by atoms with Gasteiger partial charge in [-0.15, -0.1) is 0 Å². The van der Waals surface area contributed by atoms with Crippen molar-refractivity contribution < 1.29 is 5.11 Å². The third-order valence-electron chi connectivity index (χ3n) is 4.12. The maximum atomic E-state index is 9.08. The zero-order valence-electron chi connectivity index (χ0n) is 9.79. The fraction of sp³-hybridized carbons (Fsp3) is 1.00. The summed E-state index contributed by atoms with van der Waals surface area (Å²) in [5.41, 5.74) is 6.41. The van der Waals surface area contributed by atoms with Crippen LogP contribution in [-0.2, 0) is 0 Å². The quantitative estimate of drug-likeness (QED) is 0.712. The summed E-state index contributed by atoms with van der Waals surface area (Å²) in [6.45, 7) is 7.00. The standard InChI is InChI=1S/C12H25NO/c1-4-11(13)12(5-6-14)7-10(8-12)9(2)3/h9-11,14H,4-8,13H2,1-3H3. The van der Waals surface area contributed by atoms with Gasteiger partial charge in [-0.25, -0.2) is 0 Å². The van der Waals surface area contributed by atoms with E-state index in [9.17, 15) is 0 Å². The van der Waals surface area contributed by atoms with Crippen LogP contribution in [0.5, 0.6) is 0 Å². The molecule has 0 heterocycles. The number of hydrogen-bond acceptors (Lipinski definition) is 2. The molecule has 0 bridgehead atoms. The molecule has 1 aliphatic carbocycles. The molecule has 84 valence electrons. The first kappa shape index (κ1) is 12.0. The molecule has 1 fully saturated rings. The molecule has 1 atom stereocenters. The van der Waals surface area contributed by atoms with Gasteiger partial charge in [0.25, 0.3) is 0 Å². The highest BCUT2D eigenvalue weighted by atomic mass is 16.3. The van der Waals surface area contributed by atoms with Gasteiger partial charge in [-0.1, -0.05) is 20.8 Å². The molecule has 0 aliphatic heterocycles. The van der Waals surface area contributed by atoms with Crippen molar-refractivity contribution in [2.45, 2.75) is 52.5 Å². The van der Waals surface area contributed by atoms with E-state index in [1.807, 2.05) is 0 Å². The molecule has 0 aromatic carbocycles. The topological polar surface area (TPSA) is 46.2 Å². The molecule has 1 saturated carbocycles. The van der Waals surface area contributed by atoms with Crippen LogP contribution >= 0.6 is 0 Å². The second-order valence-corrected chi connectivity index (χ2v) is 5.26. The molecule has 14 heavy (non-hydrogen) atoms. The normalized spacial score (nSPS) is 34.3. The average molecular weight is 199 g/mol. The number of aliphatic hydroxyl groups excluding tert-OH is 1. The lowest BCUT2D eigenvalue weighted by Crippen LogP contribution is -2.52. The SMILES string of the molecule is CCC(N)C1(CCO)CC(C(C)C)C1. The minimum absolute atomic E-state index is 0.262. The van der Waals surface area contributed by atoms with Crippen LogP contribution in [0.4, 0.5) is 0 Å². The van der Waals surface area contributed by atoms with Gasteiger partial charge in [0.1, 0.15) is 0 Å². The largest absolute Gasteiger partial charge is 0.396 e. The Morgan fingerprint density at radius 2 is 2.00 bits per heavy atom. The molecular formula is C12H25NO. The molecular weight excluding hydrogens is 174 g/mol. The minimum Gasteiger partial charge on any atom is -0.396 e. The van der Waals surface area contributed by atoms with Crippen molar-refractivity contribution in [1.82, 2.24) is 0 Å². The first-order valence-corrected chi connectivity index (χ1v) is 5.92. The molecule has 0 amide bonds. The number of hydrogen-bond donors (Lipinski definition) is 2. The Labute approximate surface area is 87.9 Å². The van der Waals surface area contributed by atoms with E-state index in [4.69, 9.17) is 10.8 Å². The van der Waals surface area contributed by atoms with Crippen LogP contribution in [0.2, 0.25) is 0 Å². The van der Waals surface area contributed by atoms with Crippen molar-refractivity contribution >= 4 is 0 Å². The first-order chi connectivity index (χ1) is 6.55. The van der Waals surface area contributed by atoms with Gasteiger partial charge >= 0.3 is 0 Å². The highest BCUT2D eigenvalue weighted by Gasteiger charge is 2.47. The van der Waals surface area contributed by atoms with Crippen LogP contribution in [0, 0.1) is 17.3 Å². The van der Waals surface area contributed by atoms with Crippen molar-refractivity contribution in [2.24, 2.45) is 23.0 Å². The first-order valence-electron chi connectivity index (χ1n) is 5.92. The van der Waals surface area contributed by atoms with Crippen LogP contribution in [0.15, 0.2) is 0 Å². The molecule has 0 saturated heterocycles. The maximum absolute atomic E-state index is 9.08. The summed E-state index contributed by atoms with van der Waals surface area (Å²) in [6, 6.07) is 0.282. The third kappa shape index (κ3) is 2.12. The lowest BCUT2D eigenvalue weighted by atomic mass is 9.54. The van der Waals surface area contributed by atoms with Crippen LogP contribution in [-0.4, -0.2) is 17.8 Å². The minimum atomic E-state index is 0.262. The van der Waals surface area contributed by atoms with Gasteiger partial charge in [0, 0.05) is 12.6 Å². The smallest absolute Gasteiger partial charge is 0.0436 e. The van der Waals surface area contributed by atoms with E-state index in [0.717, 1.165) is 24.7 Å². The Morgan fingerprint density at radius 1 is 1.43 bits per heavy atom. The van der Waals surface area contributed by atoms with E-state index in [-0.39, 0.29) is 11.5 Å². The third-order valence-corrected chi connectivity index (χ3v) is 4.12. The van der Waals surface area contributed by atoms with Gasteiger partial charge in [0.15, 0.2) is 0 Å². The Kier molecular flexibility index (Phi) is 3.96. The van der Waals surface area contributed by atoms with Gasteiger partial charge in [-0.3, -0.25) is 0 Å². The fourth-order valence-electron chi connectivity index (χ4n) is 2.80. The highest BCUT2D eigenvalue weighted by Crippen LogP contribution is 2.53. The number of nitrogens with two attached hydrogens (primary N) is 1. The Morgan fingerprint density at radius 3 is 2.36 bits per heavy atom. The molecule has 0 aromatic heterocycles. The van der Waals surface area contributed by atoms with E-state index in [1.54, 1.807) is 0 Å². The summed E-state index contributed by atoms with van der Waals surface area (Å²) >= 11 is 0. The predicted octanol–water partition coefficient (Wildman–Crippen LogP) is 2.16. The molecule has 1 unspecified atom stereocenters.